The van der Waals surface area contributed by atoms with Gasteiger partial charge in [0.25, 0.3) is 5.91 Å². The van der Waals surface area contributed by atoms with E-state index in [0.29, 0.717) is 41.6 Å². The topological polar surface area (TPSA) is 131 Å². The van der Waals surface area contributed by atoms with E-state index in [9.17, 15) is 23.2 Å². The molecule has 1 aliphatic heterocycles. The van der Waals surface area contributed by atoms with Gasteiger partial charge in [-0.3, -0.25) is 9.59 Å². The Hall–Kier alpha value is -4.51. The molecule has 4 rings (SSSR count). The summed E-state index contributed by atoms with van der Waals surface area (Å²) in [6.07, 6.45) is 2.84. The standard InChI is InChI=1S/C29H25F2N3O5S/c1-39-28(38)21-12-17(9-11-24(21)32)18-6-7-19(22(30)13-18)14-25-27(37)34-29(40-25)33-20-10-8-16(23(31)15-20)4-2-3-5-26(35)36/h6-15H,2-5,32H2,1H3,(H,35,36)(H,33,34,37). The van der Waals surface area contributed by atoms with Crippen molar-refractivity contribution in [1.82, 2.24) is 5.32 Å². The number of ether oxygens (including phenoxy) is 1. The van der Waals surface area contributed by atoms with Gasteiger partial charge >= 0.3 is 11.9 Å². The maximum absolute atomic E-state index is 15.0. The average Bonchev–Trinajstić information content (AvgIpc) is 3.26. The molecule has 40 heavy (non-hydrogen) atoms. The number of thioether (sulfide) groups is 1. The van der Waals surface area contributed by atoms with Crippen LogP contribution in [0.4, 0.5) is 20.2 Å². The number of carbonyl (C=O) groups excluding carboxylic acids is 2. The summed E-state index contributed by atoms with van der Waals surface area (Å²) in [6.45, 7) is 0. The molecule has 0 spiro atoms. The highest BCUT2D eigenvalue weighted by Gasteiger charge is 2.24. The number of unbranched alkanes of at least 4 members (excludes halogenated alkanes) is 1. The number of nitrogens with two attached hydrogens (primary N) is 1. The Morgan fingerprint density at radius 3 is 2.50 bits per heavy atom. The van der Waals surface area contributed by atoms with Gasteiger partial charge in [0.2, 0.25) is 0 Å². The van der Waals surface area contributed by atoms with Crippen molar-refractivity contribution in [2.24, 2.45) is 4.99 Å². The minimum Gasteiger partial charge on any atom is -0.481 e. The fourth-order valence-corrected chi connectivity index (χ4v) is 4.82. The summed E-state index contributed by atoms with van der Waals surface area (Å²) in [5, 5.41) is 11.5. The van der Waals surface area contributed by atoms with Crippen molar-refractivity contribution >= 4 is 52.2 Å². The number of hydrogen-bond acceptors (Lipinski definition) is 7. The fraction of sp³-hybridized carbons (Fsp3) is 0.172. The summed E-state index contributed by atoms with van der Waals surface area (Å²) >= 11 is 0.997. The van der Waals surface area contributed by atoms with E-state index >= 15 is 0 Å². The van der Waals surface area contributed by atoms with E-state index in [4.69, 9.17) is 15.6 Å². The van der Waals surface area contributed by atoms with Gasteiger partial charge in [0.1, 0.15) is 11.6 Å². The number of aryl methyl sites for hydroxylation is 1. The highest BCUT2D eigenvalue weighted by atomic mass is 32.2. The number of amides is 1. The van der Waals surface area contributed by atoms with Gasteiger partial charge in [-0.25, -0.2) is 18.6 Å². The maximum Gasteiger partial charge on any atom is 0.339 e. The van der Waals surface area contributed by atoms with E-state index in [0.717, 1.165) is 11.8 Å². The largest absolute Gasteiger partial charge is 0.481 e. The van der Waals surface area contributed by atoms with Gasteiger partial charge in [-0.1, -0.05) is 24.3 Å². The van der Waals surface area contributed by atoms with E-state index in [2.05, 4.69) is 10.3 Å². The van der Waals surface area contributed by atoms with Crippen molar-refractivity contribution in [3.63, 3.8) is 0 Å². The molecule has 11 heteroatoms. The lowest BCUT2D eigenvalue weighted by Crippen LogP contribution is -2.19. The van der Waals surface area contributed by atoms with Crippen LogP contribution < -0.4 is 11.1 Å². The Kier molecular flexibility index (Phi) is 8.95. The number of aliphatic imine (C=N–C) groups is 1. The van der Waals surface area contributed by atoms with Gasteiger partial charge in [0, 0.05) is 17.7 Å². The summed E-state index contributed by atoms with van der Waals surface area (Å²) in [6, 6.07) is 13.6. The van der Waals surface area contributed by atoms with Crippen LogP contribution >= 0.6 is 11.8 Å². The minimum atomic E-state index is -0.885. The SMILES string of the molecule is COC(=O)c1cc(-c2ccc(C=C3SC(=Nc4ccc(CCCCC(=O)O)c(F)c4)NC3=O)c(F)c2)ccc1N. The molecule has 4 N–H and O–H groups in total. The van der Waals surface area contributed by atoms with Gasteiger partial charge in [-0.2, -0.15) is 0 Å². The smallest absolute Gasteiger partial charge is 0.339 e. The Bertz CT molecular complexity index is 1550. The second kappa shape index (κ2) is 12.6. The first-order chi connectivity index (χ1) is 19.1. The molecule has 0 bridgehead atoms. The lowest BCUT2D eigenvalue weighted by atomic mass is 10.00. The van der Waals surface area contributed by atoms with Crippen molar-refractivity contribution in [3.8, 4) is 11.1 Å². The molecule has 1 saturated heterocycles. The van der Waals surface area contributed by atoms with Crippen LogP contribution in [0.1, 0.15) is 40.7 Å². The van der Waals surface area contributed by atoms with E-state index < -0.39 is 29.5 Å². The number of halogens is 2. The normalized spacial score (nSPS) is 14.9. The molecule has 206 valence electrons. The third-order valence-corrected chi connectivity index (χ3v) is 6.99. The second-order valence-corrected chi connectivity index (χ2v) is 9.92. The number of anilines is 1. The van der Waals surface area contributed by atoms with Crippen molar-refractivity contribution in [3.05, 3.63) is 87.8 Å². The highest BCUT2D eigenvalue weighted by molar-refractivity contribution is 8.18. The third-order valence-electron chi connectivity index (χ3n) is 6.08. The zero-order valence-electron chi connectivity index (χ0n) is 21.4. The predicted molar refractivity (Wildman–Crippen MR) is 150 cm³/mol. The van der Waals surface area contributed by atoms with Crippen LogP contribution in [-0.2, 0) is 20.7 Å². The Morgan fingerprint density at radius 1 is 1.05 bits per heavy atom. The number of nitrogens with one attached hydrogen (secondary N) is 1. The number of nitrogens with zero attached hydrogens (tertiary/aromatic N) is 1. The zero-order chi connectivity index (χ0) is 28.8. The molecule has 3 aromatic rings. The number of hydrogen-bond donors (Lipinski definition) is 3. The average molecular weight is 566 g/mol. The molecule has 0 unspecified atom stereocenters. The molecule has 0 saturated carbocycles. The van der Waals surface area contributed by atoms with Gasteiger partial charge in [-0.05, 0) is 84.1 Å². The van der Waals surface area contributed by atoms with Crippen LogP contribution in [0.15, 0.2) is 64.5 Å². The van der Waals surface area contributed by atoms with E-state index in [1.165, 1.54) is 43.5 Å². The highest BCUT2D eigenvalue weighted by Crippen LogP contribution is 2.31. The molecule has 8 nitrogen and oxygen atoms in total. The van der Waals surface area contributed by atoms with E-state index in [1.54, 1.807) is 24.3 Å². The number of methoxy groups -OCH3 is 1. The van der Waals surface area contributed by atoms with Crippen molar-refractivity contribution < 1.29 is 33.0 Å². The summed E-state index contributed by atoms with van der Waals surface area (Å²) in [5.74, 6) is -3.01. The van der Waals surface area contributed by atoms with Crippen molar-refractivity contribution in [2.45, 2.75) is 25.7 Å². The van der Waals surface area contributed by atoms with Crippen LogP contribution in [0.25, 0.3) is 17.2 Å². The minimum absolute atomic E-state index is 0.0363. The van der Waals surface area contributed by atoms with Gasteiger partial charge in [0.15, 0.2) is 5.17 Å². The third kappa shape index (κ3) is 6.92. The molecule has 0 radical (unpaired) electrons. The number of amidine groups is 1. The van der Waals surface area contributed by atoms with Gasteiger partial charge in [0.05, 0.1) is 23.3 Å². The summed E-state index contributed by atoms with van der Waals surface area (Å²) in [7, 11) is 1.24. The predicted octanol–water partition coefficient (Wildman–Crippen LogP) is 5.69. The molecular formula is C29H25F2N3O5S. The number of esters is 1. The first-order valence-corrected chi connectivity index (χ1v) is 13.0. The first kappa shape index (κ1) is 28.5. The molecule has 0 aromatic heterocycles. The molecule has 3 aromatic carbocycles. The lowest BCUT2D eigenvalue weighted by Gasteiger charge is -2.08. The van der Waals surface area contributed by atoms with Crippen LogP contribution in [0.3, 0.4) is 0 Å². The summed E-state index contributed by atoms with van der Waals surface area (Å²) < 4.78 is 34.2. The molecule has 0 atom stereocenters. The fourth-order valence-electron chi connectivity index (χ4n) is 3.99. The monoisotopic (exact) mass is 565 g/mol. The number of rotatable bonds is 9. The van der Waals surface area contributed by atoms with Crippen LogP contribution in [0.5, 0.6) is 0 Å². The Morgan fingerprint density at radius 2 is 1.80 bits per heavy atom. The maximum atomic E-state index is 15.0. The van der Waals surface area contributed by atoms with Gasteiger partial charge in [-0.15, -0.1) is 0 Å². The summed E-state index contributed by atoms with van der Waals surface area (Å²) in [4.78, 5) is 39.5. The number of aliphatic carboxylic acids is 1. The molecule has 1 aliphatic rings. The van der Waals surface area contributed by atoms with E-state index in [1.807, 2.05) is 0 Å². The number of carboxylic acids is 1. The molecule has 0 aliphatic carbocycles. The van der Waals surface area contributed by atoms with E-state index in [-0.39, 0.29) is 33.3 Å². The molecular weight excluding hydrogens is 540 g/mol. The Balaban J connectivity index is 1.47. The van der Waals surface area contributed by atoms with Crippen LogP contribution in [0.2, 0.25) is 0 Å². The molecule has 1 amide bonds. The lowest BCUT2D eigenvalue weighted by molar-refractivity contribution is -0.137. The van der Waals surface area contributed by atoms with Crippen LogP contribution in [-0.4, -0.2) is 35.2 Å². The first-order valence-electron chi connectivity index (χ1n) is 12.2. The molecule has 1 heterocycles. The van der Waals surface area contributed by atoms with Crippen molar-refractivity contribution in [2.75, 3.05) is 12.8 Å². The quantitative estimate of drug-likeness (QED) is 0.131. The number of benzene rings is 3. The van der Waals surface area contributed by atoms with Crippen LogP contribution in [0, 0.1) is 11.6 Å². The van der Waals surface area contributed by atoms with Gasteiger partial charge < -0.3 is 20.9 Å². The molecule has 1 fully saturated rings. The summed E-state index contributed by atoms with van der Waals surface area (Å²) in [5.41, 5.74) is 8.24. The number of carbonyl (C=O) groups is 3. The number of nitrogen functional groups attached to an aromatic ring is 1. The second-order valence-electron chi connectivity index (χ2n) is 8.89. The Labute approximate surface area is 232 Å². The van der Waals surface area contributed by atoms with Crippen molar-refractivity contribution in [1.29, 1.82) is 0 Å². The zero-order valence-corrected chi connectivity index (χ0v) is 22.2. The number of carboxylic acid groups (broad SMARTS) is 1.